The molecule has 0 N–H and O–H groups in total. The lowest BCUT2D eigenvalue weighted by Gasteiger charge is -2.10. The van der Waals surface area contributed by atoms with Crippen molar-refractivity contribution in [3.8, 4) is 5.69 Å². The molecule has 1 aromatic heterocycles. The Labute approximate surface area is 110 Å². The zero-order valence-corrected chi connectivity index (χ0v) is 11.1. The van der Waals surface area contributed by atoms with Gasteiger partial charge >= 0.3 is 0 Å². The van der Waals surface area contributed by atoms with Gasteiger partial charge in [-0.25, -0.2) is 0 Å². The second-order valence-corrected chi connectivity index (χ2v) is 5.27. The third kappa shape index (κ3) is 2.95. The van der Waals surface area contributed by atoms with E-state index in [1.54, 1.807) is 11.6 Å². The highest BCUT2D eigenvalue weighted by atomic mass is 32.2. The van der Waals surface area contributed by atoms with Crippen molar-refractivity contribution in [2.45, 2.75) is 19.1 Å². The van der Waals surface area contributed by atoms with E-state index in [0.29, 0.717) is 5.75 Å². The molecule has 0 saturated carbocycles. The minimum absolute atomic E-state index is 0.0732. The van der Waals surface area contributed by atoms with E-state index < -0.39 is 0 Å². The van der Waals surface area contributed by atoms with Gasteiger partial charge in [0.2, 0.25) is 0 Å². The first-order valence-corrected chi connectivity index (χ1v) is 6.68. The summed E-state index contributed by atoms with van der Waals surface area (Å²) in [6, 6.07) is 9.72. The van der Waals surface area contributed by atoms with Crippen LogP contribution in [0.3, 0.4) is 0 Å². The molecule has 1 aromatic carbocycles. The zero-order chi connectivity index (χ0) is 13.0. The summed E-state index contributed by atoms with van der Waals surface area (Å²) in [7, 11) is 0. The summed E-state index contributed by atoms with van der Waals surface area (Å²) in [5, 5.41) is 11.8. The number of Topliss-reactive ketones (excluding diaryl/α,β-unsaturated/α-hetero) is 1. The fourth-order valence-corrected chi connectivity index (χ4v) is 2.30. The molecule has 18 heavy (non-hydrogen) atoms. The van der Waals surface area contributed by atoms with Crippen molar-refractivity contribution < 1.29 is 4.79 Å². The molecular formula is C12H14N4OS. The molecule has 0 aliphatic heterocycles. The van der Waals surface area contributed by atoms with E-state index in [0.717, 1.165) is 11.5 Å². The van der Waals surface area contributed by atoms with Crippen LogP contribution in [0.4, 0.5) is 0 Å². The first kappa shape index (κ1) is 12.8. The Bertz CT molecular complexity index is 526. The van der Waals surface area contributed by atoms with Crippen molar-refractivity contribution in [1.29, 1.82) is 0 Å². The zero-order valence-electron chi connectivity index (χ0n) is 10.3. The van der Waals surface area contributed by atoms with Crippen molar-refractivity contribution in [3.05, 3.63) is 36.2 Å². The van der Waals surface area contributed by atoms with Crippen LogP contribution in [0.2, 0.25) is 0 Å². The number of nitrogens with zero attached hydrogens (tertiary/aromatic N) is 4. The average Bonchev–Trinajstić information content (AvgIpc) is 2.86. The van der Waals surface area contributed by atoms with Crippen LogP contribution in [0.5, 0.6) is 0 Å². The largest absolute Gasteiger partial charge is 0.299 e. The van der Waals surface area contributed by atoms with Gasteiger partial charge in [-0.1, -0.05) is 18.2 Å². The van der Waals surface area contributed by atoms with Gasteiger partial charge in [-0.05, 0) is 36.4 Å². The van der Waals surface area contributed by atoms with Gasteiger partial charge in [0.1, 0.15) is 5.78 Å². The fraction of sp³-hybridized carbons (Fsp3) is 0.333. The second-order valence-electron chi connectivity index (χ2n) is 3.94. The van der Waals surface area contributed by atoms with E-state index in [2.05, 4.69) is 15.5 Å². The molecule has 0 radical (unpaired) electrons. The topological polar surface area (TPSA) is 60.7 Å². The number of hydrogen-bond acceptors (Lipinski definition) is 5. The number of aromatic nitrogens is 4. The second kappa shape index (κ2) is 5.77. The highest BCUT2D eigenvalue weighted by Crippen LogP contribution is 2.27. The van der Waals surface area contributed by atoms with Crippen molar-refractivity contribution >= 4 is 17.5 Å². The van der Waals surface area contributed by atoms with E-state index in [-0.39, 0.29) is 11.0 Å². The minimum Gasteiger partial charge on any atom is -0.299 e. The van der Waals surface area contributed by atoms with Crippen LogP contribution in [0.1, 0.15) is 24.9 Å². The number of benzene rings is 1. The number of para-hydroxylation sites is 1. The van der Waals surface area contributed by atoms with Crippen LogP contribution in [0, 0.1) is 0 Å². The van der Waals surface area contributed by atoms with Crippen LogP contribution in [0.15, 0.2) is 30.3 Å². The smallest absolute Gasteiger partial charge is 0.169 e. The summed E-state index contributed by atoms with van der Waals surface area (Å²) >= 11 is 1.54. The maximum absolute atomic E-state index is 11.0. The molecule has 1 heterocycles. The van der Waals surface area contributed by atoms with Crippen molar-refractivity contribution in [2.24, 2.45) is 0 Å². The Kier molecular flexibility index (Phi) is 4.09. The molecule has 0 saturated heterocycles. The maximum Gasteiger partial charge on any atom is 0.169 e. The molecule has 0 aliphatic carbocycles. The normalized spacial score (nSPS) is 12.3. The standard InChI is InChI=1S/C12H14N4OS/c1-9(17)8-18-10(2)12-13-14-15-16(12)11-6-4-3-5-7-11/h3-7,10H,8H2,1-2H3/t10-/m1/s1. The molecule has 2 rings (SSSR count). The first-order chi connectivity index (χ1) is 8.68. The Morgan fingerprint density at radius 2 is 2.11 bits per heavy atom. The van der Waals surface area contributed by atoms with Crippen LogP contribution in [-0.2, 0) is 4.79 Å². The predicted molar refractivity (Wildman–Crippen MR) is 70.7 cm³/mol. The quantitative estimate of drug-likeness (QED) is 0.825. The Morgan fingerprint density at radius 3 is 2.78 bits per heavy atom. The maximum atomic E-state index is 11.0. The lowest BCUT2D eigenvalue weighted by atomic mass is 10.3. The molecule has 5 nitrogen and oxygen atoms in total. The molecule has 0 unspecified atom stereocenters. The van der Waals surface area contributed by atoms with E-state index >= 15 is 0 Å². The van der Waals surface area contributed by atoms with Gasteiger partial charge in [0.15, 0.2) is 5.82 Å². The molecule has 0 aliphatic rings. The summed E-state index contributed by atoms with van der Waals surface area (Å²) in [5.74, 6) is 1.39. The fourth-order valence-electron chi connectivity index (χ4n) is 1.52. The summed E-state index contributed by atoms with van der Waals surface area (Å²) < 4.78 is 1.71. The number of ketones is 1. The minimum atomic E-state index is 0.0732. The van der Waals surface area contributed by atoms with Crippen molar-refractivity contribution in [3.63, 3.8) is 0 Å². The van der Waals surface area contributed by atoms with Gasteiger partial charge in [-0.15, -0.1) is 16.9 Å². The summed E-state index contributed by atoms with van der Waals surface area (Å²) in [6.07, 6.45) is 0. The average molecular weight is 262 g/mol. The van der Waals surface area contributed by atoms with Crippen LogP contribution < -0.4 is 0 Å². The third-order valence-electron chi connectivity index (χ3n) is 2.39. The highest BCUT2D eigenvalue weighted by molar-refractivity contribution is 8.00. The molecule has 6 heteroatoms. The number of thioether (sulfide) groups is 1. The molecule has 1 atom stereocenters. The molecule has 0 spiro atoms. The monoisotopic (exact) mass is 262 g/mol. The number of rotatable bonds is 5. The van der Waals surface area contributed by atoms with E-state index in [1.807, 2.05) is 37.3 Å². The lowest BCUT2D eigenvalue weighted by molar-refractivity contribution is -0.114. The number of tetrazole rings is 1. The third-order valence-corrected chi connectivity index (χ3v) is 3.68. The van der Waals surface area contributed by atoms with Crippen LogP contribution in [0.25, 0.3) is 5.69 Å². The molecule has 0 fully saturated rings. The first-order valence-electron chi connectivity index (χ1n) is 5.63. The van der Waals surface area contributed by atoms with Gasteiger partial charge in [-0.2, -0.15) is 4.68 Å². The Morgan fingerprint density at radius 1 is 1.39 bits per heavy atom. The van der Waals surface area contributed by atoms with Gasteiger partial charge in [0.05, 0.1) is 16.7 Å². The SMILES string of the molecule is CC(=O)CS[C@H](C)c1nnnn1-c1ccccc1. The van der Waals surface area contributed by atoms with Gasteiger partial charge < -0.3 is 0 Å². The molecule has 2 aromatic rings. The van der Waals surface area contributed by atoms with E-state index in [1.165, 1.54) is 11.8 Å². The number of hydrogen-bond donors (Lipinski definition) is 0. The highest BCUT2D eigenvalue weighted by Gasteiger charge is 2.16. The molecule has 0 bridgehead atoms. The van der Waals surface area contributed by atoms with E-state index in [4.69, 9.17) is 0 Å². The summed E-state index contributed by atoms with van der Waals surface area (Å²) in [6.45, 7) is 3.58. The lowest BCUT2D eigenvalue weighted by Crippen LogP contribution is -2.06. The van der Waals surface area contributed by atoms with Gasteiger partial charge in [0, 0.05) is 0 Å². The predicted octanol–water partition coefficient (Wildman–Crippen LogP) is 2.05. The van der Waals surface area contributed by atoms with Crippen LogP contribution in [-0.4, -0.2) is 31.7 Å². The molecular weight excluding hydrogens is 248 g/mol. The van der Waals surface area contributed by atoms with Crippen LogP contribution >= 0.6 is 11.8 Å². The number of carbonyl (C=O) groups is 1. The van der Waals surface area contributed by atoms with Crippen molar-refractivity contribution in [2.75, 3.05) is 5.75 Å². The molecule has 0 amide bonds. The van der Waals surface area contributed by atoms with Gasteiger partial charge in [-0.3, -0.25) is 4.79 Å². The molecule has 94 valence electrons. The summed E-state index contributed by atoms with van der Waals surface area (Å²) in [5.41, 5.74) is 0.924. The van der Waals surface area contributed by atoms with E-state index in [9.17, 15) is 4.79 Å². The van der Waals surface area contributed by atoms with Crippen molar-refractivity contribution in [1.82, 2.24) is 20.2 Å². The van der Waals surface area contributed by atoms with Gasteiger partial charge in [0.25, 0.3) is 0 Å². The Hall–Kier alpha value is -1.69. The summed E-state index contributed by atoms with van der Waals surface area (Å²) in [4.78, 5) is 11.0. The Balaban J connectivity index is 2.20. The number of carbonyl (C=O) groups excluding carboxylic acids is 1.